The Morgan fingerprint density at radius 1 is 1.57 bits per heavy atom. The van der Waals surface area contributed by atoms with E-state index in [1.165, 1.54) is 0 Å². The Kier molecular flexibility index (Phi) is 5.33. The topological polar surface area (TPSA) is 30.5 Å². The van der Waals surface area contributed by atoms with Crippen LogP contribution in [0.5, 0.6) is 0 Å². The molecule has 0 saturated heterocycles. The lowest BCUT2D eigenvalue weighted by molar-refractivity contribution is 0.0718. The molecular formula is C11H19NO2. The summed E-state index contributed by atoms with van der Waals surface area (Å²) in [5.41, 5.74) is 2.93. The summed E-state index contributed by atoms with van der Waals surface area (Å²) in [6, 6.07) is 0.291. The standard InChI is InChI=1S/C11H19NO2/c1-3-9-14-11-6-4-5-10(7-8-11)12-13-2/h6-8,10,12H,3-5,9H2,1-2H3. The number of hydroxylamine groups is 1. The van der Waals surface area contributed by atoms with Crippen LogP contribution in [0.3, 0.4) is 0 Å². The van der Waals surface area contributed by atoms with E-state index >= 15 is 0 Å². The second kappa shape index (κ2) is 6.62. The Balaban J connectivity index is 2.38. The van der Waals surface area contributed by atoms with Crippen LogP contribution < -0.4 is 5.48 Å². The van der Waals surface area contributed by atoms with Crippen LogP contribution in [-0.4, -0.2) is 19.8 Å². The number of hydrogen-bond donors (Lipinski definition) is 1. The average molecular weight is 197 g/mol. The van der Waals surface area contributed by atoms with Crippen molar-refractivity contribution in [2.45, 2.75) is 32.2 Å². The zero-order chi connectivity index (χ0) is 10.2. The molecule has 0 bridgehead atoms. The van der Waals surface area contributed by atoms with Crippen molar-refractivity contribution >= 4 is 0 Å². The minimum absolute atomic E-state index is 0.291. The molecular weight excluding hydrogens is 178 g/mol. The third-order valence-electron chi connectivity index (χ3n) is 2.06. The average Bonchev–Trinajstić information content (AvgIpc) is 2.41. The molecule has 0 heterocycles. The summed E-state index contributed by atoms with van der Waals surface area (Å²) < 4.78 is 5.54. The van der Waals surface area contributed by atoms with Gasteiger partial charge in [0.2, 0.25) is 0 Å². The third kappa shape index (κ3) is 3.94. The molecule has 1 aliphatic carbocycles. The minimum Gasteiger partial charge on any atom is -0.494 e. The molecule has 80 valence electrons. The van der Waals surface area contributed by atoms with Crippen molar-refractivity contribution in [3.63, 3.8) is 0 Å². The molecule has 0 amide bonds. The van der Waals surface area contributed by atoms with Crippen LogP contribution in [0.15, 0.2) is 24.0 Å². The first-order valence-electron chi connectivity index (χ1n) is 5.16. The van der Waals surface area contributed by atoms with Crippen molar-refractivity contribution in [3.8, 4) is 0 Å². The Bertz CT molecular complexity index is 211. The summed E-state index contributed by atoms with van der Waals surface area (Å²) in [4.78, 5) is 4.89. The molecule has 3 nitrogen and oxygen atoms in total. The van der Waals surface area contributed by atoms with E-state index in [4.69, 9.17) is 9.57 Å². The van der Waals surface area contributed by atoms with Crippen molar-refractivity contribution in [1.82, 2.24) is 5.48 Å². The maximum atomic E-state index is 5.54. The first kappa shape index (κ1) is 11.3. The highest BCUT2D eigenvalue weighted by atomic mass is 16.6. The zero-order valence-corrected chi connectivity index (χ0v) is 8.95. The van der Waals surface area contributed by atoms with Gasteiger partial charge in [0, 0.05) is 0 Å². The molecule has 0 saturated carbocycles. The van der Waals surface area contributed by atoms with Crippen molar-refractivity contribution in [3.05, 3.63) is 24.0 Å². The first-order valence-corrected chi connectivity index (χ1v) is 5.16. The van der Waals surface area contributed by atoms with E-state index in [2.05, 4.69) is 24.6 Å². The molecule has 3 heteroatoms. The van der Waals surface area contributed by atoms with Crippen LogP contribution in [-0.2, 0) is 9.57 Å². The fraction of sp³-hybridized carbons (Fsp3) is 0.636. The number of rotatable bonds is 5. The molecule has 0 spiro atoms. The molecule has 0 aromatic carbocycles. The SMILES string of the molecule is CCCOC1=CCCC(NOC)C=C1. The fourth-order valence-corrected chi connectivity index (χ4v) is 1.36. The third-order valence-corrected chi connectivity index (χ3v) is 2.06. The molecule has 14 heavy (non-hydrogen) atoms. The van der Waals surface area contributed by atoms with Gasteiger partial charge in [-0.1, -0.05) is 13.0 Å². The summed E-state index contributed by atoms with van der Waals surface area (Å²) in [6.07, 6.45) is 9.34. The highest BCUT2D eigenvalue weighted by Crippen LogP contribution is 2.12. The van der Waals surface area contributed by atoms with Crippen LogP contribution >= 0.6 is 0 Å². The zero-order valence-electron chi connectivity index (χ0n) is 8.95. The second-order valence-electron chi connectivity index (χ2n) is 3.32. The van der Waals surface area contributed by atoms with Gasteiger partial charge in [0.15, 0.2) is 0 Å². The van der Waals surface area contributed by atoms with E-state index in [9.17, 15) is 0 Å². The van der Waals surface area contributed by atoms with E-state index in [1.807, 2.05) is 6.08 Å². The Hall–Kier alpha value is -0.800. The van der Waals surface area contributed by atoms with E-state index < -0.39 is 0 Å². The van der Waals surface area contributed by atoms with Gasteiger partial charge in [0.05, 0.1) is 19.8 Å². The van der Waals surface area contributed by atoms with Crippen LogP contribution in [0.1, 0.15) is 26.2 Å². The highest BCUT2D eigenvalue weighted by molar-refractivity contribution is 5.16. The predicted octanol–water partition coefficient (Wildman–Crippen LogP) is 2.17. The maximum absolute atomic E-state index is 5.54. The highest BCUT2D eigenvalue weighted by Gasteiger charge is 2.06. The van der Waals surface area contributed by atoms with Gasteiger partial charge >= 0.3 is 0 Å². The number of hydrogen-bond acceptors (Lipinski definition) is 3. The summed E-state index contributed by atoms with van der Waals surface area (Å²) in [5.74, 6) is 0.979. The van der Waals surface area contributed by atoms with Gasteiger partial charge in [-0.25, -0.2) is 0 Å². The second-order valence-corrected chi connectivity index (χ2v) is 3.32. The molecule has 1 atom stereocenters. The summed E-state index contributed by atoms with van der Waals surface area (Å²) in [5, 5.41) is 0. The van der Waals surface area contributed by atoms with Gasteiger partial charge in [-0.3, -0.25) is 0 Å². The van der Waals surface area contributed by atoms with Crippen molar-refractivity contribution < 1.29 is 9.57 Å². The minimum atomic E-state index is 0.291. The number of ether oxygens (including phenoxy) is 1. The molecule has 0 radical (unpaired) electrons. The summed E-state index contributed by atoms with van der Waals surface area (Å²) in [7, 11) is 1.64. The lowest BCUT2D eigenvalue weighted by atomic mass is 10.2. The van der Waals surface area contributed by atoms with Crippen molar-refractivity contribution in [2.24, 2.45) is 0 Å². The van der Waals surface area contributed by atoms with E-state index in [1.54, 1.807) is 7.11 Å². The quantitative estimate of drug-likeness (QED) is 0.685. The maximum Gasteiger partial charge on any atom is 0.115 e. The Labute approximate surface area is 85.7 Å². The predicted molar refractivity (Wildman–Crippen MR) is 56.6 cm³/mol. The van der Waals surface area contributed by atoms with Gasteiger partial charge in [0.1, 0.15) is 5.76 Å². The normalized spacial score (nSPS) is 21.6. The Morgan fingerprint density at radius 2 is 2.43 bits per heavy atom. The lowest BCUT2D eigenvalue weighted by Gasteiger charge is -2.09. The van der Waals surface area contributed by atoms with E-state index in [0.717, 1.165) is 31.6 Å². The van der Waals surface area contributed by atoms with Gasteiger partial charge in [-0.15, -0.1) is 0 Å². The summed E-state index contributed by atoms with van der Waals surface area (Å²) >= 11 is 0. The van der Waals surface area contributed by atoms with Gasteiger partial charge in [-0.2, -0.15) is 5.48 Å². The lowest BCUT2D eigenvalue weighted by Crippen LogP contribution is -2.25. The fourth-order valence-electron chi connectivity index (χ4n) is 1.36. The molecule has 0 fully saturated rings. The van der Waals surface area contributed by atoms with Gasteiger partial charge in [0.25, 0.3) is 0 Å². The molecule has 0 aromatic rings. The largest absolute Gasteiger partial charge is 0.494 e. The van der Waals surface area contributed by atoms with E-state index in [-0.39, 0.29) is 0 Å². The van der Waals surface area contributed by atoms with Crippen molar-refractivity contribution in [2.75, 3.05) is 13.7 Å². The monoisotopic (exact) mass is 197 g/mol. The molecule has 0 aliphatic heterocycles. The van der Waals surface area contributed by atoms with Crippen molar-refractivity contribution in [1.29, 1.82) is 0 Å². The number of allylic oxidation sites excluding steroid dienone is 2. The summed E-state index contributed by atoms with van der Waals surface area (Å²) in [6.45, 7) is 2.90. The molecule has 1 unspecified atom stereocenters. The molecule has 1 aliphatic rings. The Morgan fingerprint density at radius 3 is 3.14 bits per heavy atom. The molecule has 0 aromatic heterocycles. The van der Waals surface area contributed by atoms with E-state index in [0.29, 0.717) is 6.04 Å². The molecule has 1 rings (SSSR count). The van der Waals surface area contributed by atoms with Crippen LogP contribution in [0.25, 0.3) is 0 Å². The van der Waals surface area contributed by atoms with Gasteiger partial charge in [-0.05, 0) is 31.4 Å². The van der Waals surface area contributed by atoms with Gasteiger partial charge < -0.3 is 9.57 Å². The van der Waals surface area contributed by atoms with Crippen LogP contribution in [0.4, 0.5) is 0 Å². The van der Waals surface area contributed by atoms with Crippen LogP contribution in [0.2, 0.25) is 0 Å². The number of nitrogens with one attached hydrogen (secondary N) is 1. The molecule has 1 N–H and O–H groups in total. The smallest absolute Gasteiger partial charge is 0.115 e. The first-order chi connectivity index (χ1) is 6.86. The van der Waals surface area contributed by atoms with Crippen LogP contribution in [0, 0.1) is 0 Å².